The van der Waals surface area contributed by atoms with Gasteiger partial charge in [-0.05, 0) is 19.4 Å². The maximum atomic E-state index is 11.9. The van der Waals surface area contributed by atoms with Gasteiger partial charge in [-0.1, -0.05) is 30.3 Å². The van der Waals surface area contributed by atoms with Crippen LogP contribution < -0.4 is 0 Å². The second-order valence-corrected chi connectivity index (χ2v) is 3.94. The summed E-state index contributed by atoms with van der Waals surface area (Å²) in [5, 5.41) is 0. The molecule has 0 spiro atoms. The van der Waals surface area contributed by atoms with Crippen molar-refractivity contribution >= 4 is 5.97 Å². The molecule has 0 aliphatic carbocycles. The molecule has 0 bridgehead atoms. The van der Waals surface area contributed by atoms with Crippen LogP contribution in [0.2, 0.25) is 0 Å². The van der Waals surface area contributed by atoms with Crippen LogP contribution in [0.4, 0.5) is 0 Å². The Morgan fingerprint density at radius 1 is 1.28 bits per heavy atom. The largest absolute Gasteiger partial charge is 0.464 e. The Morgan fingerprint density at radius 2 is 1.94 bits per heavy atom. The fourth-order valence-corrected chi connectivity index (χ4v) is 1.62. The summed E-state index contributed by atoms with van der Waals surface area (Å²) in [7, 11) is 1.60. The Balaban J connectivity index is 2.78. The van der Waals surface area contributed by atoms with Crippen molar-refractivity contribution in [1.29, 1.82) is 0 Å². The summed E-state index contributed by atoms with van der Waals surface area (Å²) >= 11 is 0. The molecular formula is C14H20O4. The summed E-state index contributed by atoms with van der Waals surface area (Å²) in [5.41, 5.74) is 0.791. The third-order valence-corrected chi connectivity index (χ3v) is 2.37. The third-order valence-electron chi connectivity index (χ3n) is 2.37. The molecule has 0 saturated heterocycles. The molecule has 100 valence electrons. The zero-order valence-corrected chi connectivity index (χ0v) is 11.1. The Morgan fingerprint density at radius 3 is 2.50 bits per heavy atom. The molecule has 0 radical (unpaired) electrons. The van der Waals surface area contributed by atoms with Crippen LogP contribution in [0.5, 0.6) is 0 Å². The van der Waals surface area contributed by atoms with Gasteiger partial charge in [-0.25, -0.2) is 4.79 Å². The smallest absolute Gasteiger partial charge is 0.339 e. The molecule has 0 aliphatic heterocycles. The van der Waals surface area contributed by atoms with Crippen molar-refractivity contribution in [3.8, 4) is 0 Å². The number of ether oxygens (including phenoxy) is 3. The first kappa shape index (κ1) is 14.7. The topological polar surface area (TPSA) is 44.8 Å². The quantitative estimate of drug-likeness (QED) is 0.699. The minimum atomic E-state index is -0.698. The Kier molecular flexibility index (Phi) is 6.39. The molecule has 0 amide bonds. The van der Waals surface area contributed by atoms with Crippen molar-refractivity contribution in [2.45, 2.75) is 26.1 Å². The Bertz CT molecular complexity index is 350. The van der Waals surface area contributed by atoms with Gasteiger partial charge >= 0.3 is 5.97 Å². The van der Waals surface area contributed by atoms with Gasteiger partial charge in [0.05, 0.1) is 19.3 Å². The number of benzene rings is 1. The lowest BCUT2D eigenvalue weighted by molar-refractivity contribution is -0.162. The van der Waals surface area contributed by atoms with Crippen LogP contribution in [0.25, 0.3) is 0 Å². The molecule has 4 nitrogen and oxygen atoms in total. The summed E-state index contributed by atoms with van der Waals surface area (Å²) < 4.78 is 15.7. The lowest BCUT2D eigenvalue weighted by Gasteiger charge is -2.21. The van der Waals surface area contributed by atoms with E-state index in [2.05, 4.69) is 0 Å². The molecule has 18 heavy (non-hydrogen) atoms. The summed E-state index contributed by atoms with van der Waals surface area (Å²) in [6, 6.07) is 9.32. The number of rotatable bonds is 7. The molecule has 1 aromatic carbocycles. The average molecular weight is 252 g/mol. The zero-order chi connectivity index (χ0) is 13.4. The van der Waals surface area contributed by atoms with Crippen molar-refractivity contribution in [2.75, 3.05) is 20.3 Å². The summed E-state index contributed by atoms with van der Waals surface area (Å²) in [4.78, 5) is 11.9. The third kappa shape index (κ3) is 4.47. The molecule has 2 unspecified atom stereocenters. The van der Waals surface area contributed by atoms with Crippen LogP contribution >= 0.6 is 0 Å². The minimum absolute atomic E-state index is 0.176. The molecule has 0 fully saturated rings. The van der Waals surface area contributed by atoms with Gasteiger partial charge in [0.2, 0.25) is 0 Å². The number of hydrogen-bond donors (Lipinski definition) is 0. The highest BCUT2D eigenvalue weighted by Gasteiger charge is 2.24. The minimum Gasteiger partial charge on any atom is -0.464 e. The number of methoxy groups -OCH3 is 1. The van der Waals surface area contributed by atoms with Gasteiger partial charge in [0, 0.05) is 7.11 Å². The molecule has 0 aromatic heterocycles. The van der Waals surface area contributed by atoms with E-state index in [1.807, 2.05) is 37.3 Å². The van der Waals surface area contributed by atoms with Crippen molar-refractivity contribution < 1.29 is 19.0 Å². The average Bonchev–Trinajstić information content (AvgIpc) is 2.37. The zero-order valence-electron chi connectivity index (χ0n) is 11.1. The number of hydrogen-bond acceptors (Lipinski definition) is 4. The van der Waals surface area contributed by atoms with Crippen LogP contribution in [-0.4, -0.2) is 32.4 Å². The van der Waals surface area contributed by atoms with E-state index in [-0.39, 0.29) is 12.1 Å². The second kappa shape index (κ2) is 7.84. The van der Waals surface area contributed by atoms with Gasteiger partial charge in [0.1, 0.15) is 0 Å². The highest BCUT2D eigenvalue weighted by atomic mass is 16.6. The molecule has 1 aromatic rings. The maximum absolute atomic E-state index is 11.9. The lowest BCUT2D eigenvalue weighted by Crippen LogP contribution is -2.25. The monoisotopic (exact) mass is 252 g/mol. The first-order chi connectivity index (χ1) is 8.69. The summed E-state index contributed by atoms with van der Waals surface area (Å²) in [5.74, 6) is -0.369. The molecule has 0 saturated carbocycles. The summed E-state index contributed by atoms with van der Waals surface area (Å²) in [6.45, 7) is 4.41. The van der Waals surface area contributed by atoms with Gasteiger partial charge in [0.15, 0.2) is 6.10 Å². The van der Waals surface area contributed by atoms with E-state index in [1.165, 1.54) is 0 Å². The fraction of sp³-hybridized carbons (Fsp3) is 0.500. The SMILES string of the molecule is CCOC(=O)C(OC(C)COC)c1ccccc1. The van der Waals surface area contributed by atoms with Gasteiger partial charge in [-0.3, -0.25) is 0 Å². The molecule has 0 N–H and O–H groups in total. The van der Waals surface area contributed by atoms with Crippen molar-refractivity contribution in [2.24, 2.45) is 0 Å². The van der Waals surface area contributed by atoms with E-state index >= 15 is 0 Å². The van der Waals surface area contributed by atoms with E-state index in [0.717, 1.165) is 5.56 Å². The standard InChI is InChI=1S/C14H20O4/c1-4-17-14(15)13(18-11(2)10-16-3)12-8-6-5-7-9-12/h5-9,11,13H,4,10H2,1-3H3. The van der Waals surface area contributed by atoms with E-state index in [4.69, 9.17) is 14.2 Å². The molecule has 1 rings (SSSR count). The number of carbonyl (C=O) groups excluding carboxylic acids is 1. The van der Waals surface area contributed by atoms with Gasteiger partial charge < -0.3 is 14.2 Å². The Hall–Kier alpha value is -1.39. The van der Waals surface area contributed by atoms with Gasteiger partial charge in [-0.15, -0.1) is 0 Å². The van der Waals surface area contributed by atoms with E-state index in [1.54, 1.807) is 14.0 Å². The van der Waals surface area contributed by atoms with Gasteiger partial charge in [0.25, 0.3) is 0 Å². The first-order valence-corrected chi connectivity index (χ1v) is 6.05. The van der Waals surface area contributed by atoms with Crippen LogP contribution in [0.15, 0.2) is 30.3 Å². The maximum Gasteiger partial charge on any atom is 0.339 e. The van der Waals surface area contributed by atoms with Crippen molar-refractivity contribution in [3.05, 3.63) is 35.9 Å². The molecule has 0 heterocycles. The van der Waals surface area contributed by atoms with Crippen LogP contribution in [0.1, 0.15) is 25.5 Å². The van der Waals surface area contributed by atoms with E-state index < -0.39 is 6.10 Å². The first-order valence-electron chi connectivity index (χ1n) is 6.05. The Labute approximate surface area is 108 Å². The van der Waals surface area contributed by atoms with E-state index in [0.29, 0.717) is 13.2 Å². The number of carbonyl (C=O) groups is 1. The molecule has 2 atom stereocenters. The highest BCUT2D eigenvalue weighted by Crippen LogP contribution is 2.20. The predicted molar refractivity (Wildman–Crippen MR) is 68.2 cm³/mol. The van der Waals surface area contributed by atoms with Gasteiger partial charge in [-0.2, -0.15) is 0 Å². The highest BCUT2D eigenvalue weighted by molar-refractivity contribution is 5.76. The molecule has 4 heteroatoms. The second-order valence-electron chi connectivity index (χ2n) is 3.94. The molecular weight excluding hydrogens is 232 g/mol. The van der Waals surface area contributed by atoms with Crippen LogP contribution in [0.3, 0.4) is 0 Å². The van der Waals surface area contributed by atoms with E-state index in [9.17, 15) is 4.79 Å². The normalized spacial score (nSPS) is 13.9. The fourth-order valence-electron chi connectivity index (χ4n) is 1.62. The van der Waals surface area contributed by atoms with Crippen molar-refractivity contribution in [1.82, 2.24) is 0 Å². The van der Waals surface area contributed by atoms with Crippen LogP contribution in [0, 0.1) is 0 Å². The van der Waals surface area contributed by atoms with Crippen molar-refractivity contribution in [3.63, 3.8) is 0 Å². The molecule has 0 aliphatic rings. The number of esters is 1. The lowest BCUT2D eigenvalue weighted by atomic mass is 10.1. The predicted octanol–water partition coefficient (Wildman–Crippen LogP) is 2.34. The van der Waals surface area contributed by atoms with Crippen LogP contribution in [-0.2, 0) is 19.0 Å². The summed E-state index contributed by atoms with van der Waals surface area (Å²) in [6.07, 6.45) is -0.874.